The molecule has 0 saturated carbocycles. The van der Waals surface area contributed by atoms with Crippen molar-refractivity contribution in [2.24, 2.45) is 0 Å². The summed E-state index contributed by atoms with van der Waals surface area (Å²) >= 11 is 3.30. The number of halogens is 1. The Morgan fingerprint density at radius 1 is 1.27 bits per heavy atom. The Labute approximate surface area is 76.2 Å². The molecule has 0 N–H and O–H groups in total. The third kappa shape index (κ3) is 4.09. The normalized spacial score (nSPS) is 8.36. The number of aryl methyl sites for hydroxylation is 1. The monoisotopic (exact) mass is 216 g/mol. The molecule has 0 aliphatic carbocycles. The number of nitrogens with zero attached hydrogens (tertiary/aromatic N) is 2. The third-order valence-corrected chi connectivity index (χ3v) is 1.64. The summed E-state index contributed by atoms with van der Waals surface area (Å²) in [5.41, 5.74) is 1.11. The molecule has 3 heteroatoms. The first-order valence-electron chi connectivity index (χ1n) is 3.66. The number of aromatic nitrogens is 2. The zero-order chi connectivity index (χ0) is 8.69. The lowest BCUT2D eigenvalue weighted by Crippen LogP contribution is -1.87. The molecule has 0 spiro atoms. The van der Waals surface area contributed by atoms with E-state index in [-0.39, 0.29) is 0 Å². The summed E-state index contributed by atoms with van der Waals surface area (Å²) < 4.78 is 0. The molecular formula is C8H13BrN2. The van der Waals surface area contributed by atoms with Crippen LogP contribution in [0.3, 0.4) is 0 Å². The highest BCUT2D eigenvalue weighted by atomic mass is 79.9. The summed E-state index contributed by atoms with van der Waals surface area (Å²) in [7, 11) is 0. The molecule has 1 rings (SSSR count). The molecule has 0 fully saturated rings. The summed E-state index contributed by atoms with van der Waals surface area (Å²) in [5.74, 6) is 0.819. The van der Waals surface area contributed by atoms with Crippen molar-refractivity contribution in [3.05, 3.63) is 23.8 Å². The average molecular weight is 217 g/mol. The van der Waals surface area contributed by atoms with Gasteiger partial charge < -0.3 is 0 Å². The predicted molar refractivity (Wildman–Crippen MR) is 50.7 cm³/mol. The molecule has 1 aromatic heterocycles. The van der Waals surface area contributed by atoms with Crippen LogP contribution in [-0.2, 0) is 5.33 Å². The number of hydrogen-bond donors (Lipinski definition) is 0. The summed E-state index contributed by atoms with van der Waals surface area (Å²) in [5, 5.41) is 0.827. The van der Waals surface area contributed by atoms with E-state index in [1.54, 1.807) is 0 Å². The molecule has 0 radical (unpaired) electrons. The van der Waals surface area contributed by atoms with Crippen molar-refractivity contribution < 1.29 is 0 Å². The first kappa shape index (κ1) is 10.6. The van der Waals surface area contributed by atoms with Crippen LogP contribution < -0.4 is 0 Å². The van der Waals surface area contributed by atoms with Gasteiger partial charge in [-0.05, 0) is 12.5 Å². The van der Waals surface area contributed by atoms with E-state index in [2.05, 4.69) is 25.9 Å². The van der Waals surface area contributed by atoms with Crippen molar-refractivity contribution in [2.75, 3.05) is 0 Å². The van der Waals surface area contributed by atoms with Crippen LogP contribution in [0.15, 0.2) is 12.4 Å². The topological polar surface area (TPSA) is 25.8 Å². The quantitative estimate of drug-likeness (QED) is 0.676. The Morgan fingerprint density at radius 2 is 1.73 bits per heavy atom. The average Bonchev–Trinajstić information content (AvgIpc) is 2.10. The number of hydrogen-bond acceptors (Lipinski definition) is 2. The smallest absolute Gasteiger partial charge is 0.125 e. The van der Waals surface area contributed by atoms with Crippen molar-refractivity contribution in [1.82, 2.24) is 9.97 Å². The molecule has 62 valence electrons. The molecule has 0 aliphatic rings. The van der Waals surface area contributed by atoms with Gasteiger partial charge in [-0.2, -0.15) is 0 Å². The second-order valence-electron chi connectivity index (χ2n) is 1.77. The van der Waals surface area contributed by atoms with Gasteiger partial charge in [-0.25, -0.2) is 9.97 Å². The molecule has 0 bridgehead atoms. The summed E-state index contributed by atoms with van der Waals surface area (Å²) in [6, 6.07) is 0. The Hall–Kier alpha value is -0.440. The first-order valence-corrected chi connectivity index (χ1v) is 4.78. The van der Waals surface area contributed by atoms with E-state index < -0.39 is 0 Å². The molecule has 1 aromatic rings. The van der Waals surface area contributed by atoms with Gasteiger partial charge in [0.25, 0.3) is 0 Å². The van der Waals surface area contributed by atoms with Gasteiger partial charge >= 0.3 is 0 Å². The maximum atomic E-state index is 4.01. The molecule has 1 heterocycles. The Morgan fingerprint density at radius 3 is 2.09 bits per heavy atom. The van der Waals surface area contributed by atoms with E-state index in [0.717, 1.165) is 16.7 Å². The van der Waals surface area contributed by atoms with E-state index in [1.165, 1.54) is 0 Å². The standard InChI is InChI=1S/C6H7BrN2.C2H6/c1-5-8-3-6(2-7)4-9-5;1-2/h3-4H,2H2,1H3;1-2H3. The van der Waals surface area contributed by atoms with Crippen molar-refractivity contribution in [3.63, 3.8) is 0 Å². The van der Waals surface area contributed by atoms with Crippen molar-refractivity contribution >= 4 is 15.9 Å². The third-order valence-electron chi connectivity index (χ3n) is 0.989. The Kier molecular flexibility index (Phi) is 6.03. The van der Waals surface area contributed by atoms with Crippen LogP contribution in [0.25, 0.3) is 0 Å². The van der Waals surface area contributed by atoms with E-state index in [0.29, 0.717) is 0 Å². The fraction of sp³-hybridized carbons (Fsp3) is 0.500. The van der Waals surface area contributed by atoms with Crippen LogP contribution in [-0.4, -0.2) is 9.97 Å². The lowest BCUT2D eigenvalue weighted by atomic mass is 10.4. The minimum atomic E-state index is 0.819. The molecule has 0 aromatic carbocycles. The van der Waals surface area contributed by atoms with Crippen LogP contribution in [0.2, 0.25) is 0 Å². The maximum Gasteiger partial charge on any atom is 0.125 e. The van der Waals surface area contributed by atoms with Crippen molar-refractivity contribution in [1.29, 1.82) is 0 Å². The van der Waals surface area contributed by atoms with Gasteiger partial charge in [0, 0.05) is 17.7 Å². The number of rotatable bonds is 1. The fourth-order valence-corrected chi connectivity index (χ4v) is 0.778. The van der Waals surface area contributed by atoms with Gasteiger partial charge in [-0.3, -0.25) is 0 Å². The SMILES string of the molecule is CC.Cc1ncc(CBr)cn1. The second-order valence-corrected chi connectivity index (χ2v) is 2.33. The van der Waals surface area contributed by atoms with Crippen LogP contribution in [0.4, 0.5) is 0 Å². The van der Waals surface area contributed by atoms with E-state index in [4.69, 9.17) is 0 Å². The zero-order valence-electron chi connectivity index (χ0n) is 7.13. The Bertz CT molecular complexity index is 184. The highest BCUT2D eigenvalue weighted by Gasteiger charge is 1.88. The number of alkyl halides is 1. The zero-order valence-corrected chi connectivity index (χ0v) is 8.72. The van der Waals surface area contributed by atoms with Crippen LogP contribution >= 0.6 is 15.9 Å². The van der Waals surface area contributed by atoms with E-state index in [1.807, 2.05) is 33.2 Å². The predicted octanol–water partition coefficient (Wildman–Crippen LogP) is 2.71. The van der Waals surface area contributed by atoms with Gasteiger partial charge in [0.2, 0.25) is 0 Å². The lowest BCUT2D eigenvalue weighted by Gasteiger charge is -1.91. The van der Waals surface area contributed by atoms with Crippen LogP contribution in [0, 0.1) is 6.92 Å². The van der Waals surface area contributed by atoms with Crippen LogP contribution in [0.1, 0.15) is 25.2 Å². The van der Waals surface area contributed by atoms with Crippen LogP contribution in [0.5, 0.6) is 0 Å². The van der Waals surface area contributed by atoms with Crippen molar-refractivity contribution in [3.8, 4) is 0 Å². The second kappa shape index (κ2) is 6.28. The lowest BCUT2D eigenvalue weighted by molar-refractivity contribution is 1.03. The summed E-state index contributed by atoms with van der Waals surface area (Å²) in [6.45, 7) is 5.87. The highest BCUT2D eigenvalue weighted by Crippen LogP contribution is 2.00. The molecule has 0 unspecified atom stereocenters. The highest BCUT2D eigenvalue weighted by molar-refractivity contribution is 9.08. The minimum absolute atomic E-state index is 0.819. The molecule has 11 heavy (non-hydrogen) atoms. The molecular weight excluding hydrogens is 204 g/mol. The molecule has 2 nitrogen and oxygen atoms in total. The first-order chi connectivity index (χ1) is 5.33. The van der Waals surface area contributed by atoms with Gasteiger partial charge in [-0.1, -0.05) is 29.8 Å². The molecule has 0 aliphatic heterocycles. The van der Waals surface area contributed by atoms with Crippen molar-refractivity contribution in [2.45, 2.75) is 26.1 Å². The molecule has 0 amide bonds. The maximum absolute atomic E-state index is 4.01. The Balaban J connectivity index is 0.000000461. The molecule has 0 saturated heterocycles. The summed E-state index contributed by atoms with van der Waals surface area (Å²) in [6.07, 6.45) is 3.63. The largest absolute Gasteiger partial charge is 0.241 e. The minimum Gasteiger partial charge on any atom is -0.241 e. The fourth-order valence-electron chi connectivity index (χ4n) is 0.488. The van der Waals surface area contributed by atoms with Gasteiger partial charge in [0.15, 0.2) is 0 Å². The summed E-state index contributed by atoms with van der Waals surface area (Å²) in [4.78, 5) is 8.02. The van der Waals surface area contributed by atoms with Gasteiger partial charge in [-0.15, -0.1) is 0 Å². The van der Waals surface area contributed by atoms with Gasteiger partial charge in [0.1, 0.15) is 5.82 Å². The van der Waals surface area contributed by atoms with E-state index in [9.17, 15) is 0 Å². The van der Waals surface area contributed by atoms with Gasteiger partial charge in [0.05, 0.1) is 0 Å². The van der Waals surface area contributed by atoms with E-state index >= 15 is 0 Å². The molecule has 0 atom stereocenters.